The van der Waals surface area contributed by atoms with E-state index in [0.29, 0.717) is 44.4 Å². The number of anilines is 2. The standard InChI is InChI=1S/C59H52ClN5O7/c1-33-45(46-30-41(71-2)20-22-50(46)65(33)58(68)35-13-16-39(60)17-14-35)31-51(66)62-40-18-11-34(12-19-40)32-61-57(67)38-15-21-42(47(29-38)59(69)70)52-48-27-36-7-3-23-63-25-5-9-43(53(36)63)55(48)72-56-44-10-6-26-64-24-4-8-37(54(44)64)28-49(52)56/h11-22,27-30H,3-10,23-26,31-32H2,1-2H3,(H2-,61,62,66,67,69,70). The molecule has 12 nitrogen and oxygen atoms in total. The highest BCUT2D eigenvalue weighted by molar-refractivity contribution is 6.30. The van der Waals surface area contributed by atoms with Gasteiger partial charge in [0.15, 0.2) is 0 Å². The molecule has 6 aromatic carbocycles. The van der Waals surface area contributed by atoms with Crippen molar-refractivity contribution in [2.24, 2.45) is 0 Å². The summed E-state index contributed by atoms with van der Waals surface area (Å²) in [6.45, 7) is 6.06. The molecule has 5 aliphatic heterocycles. The van der Waals surface area contributed by atoms with Crippen LogP contribution in [0.4, 0.5) is 11.4 Å². The summed E-state index contributed by atoms with van der Waals surface area (Å²) in [5, 5.41) is 22.7. The molecule has 0 unspecified atom stereocenters. The molecule has 0 saturated carbocycles. The number of fused-ring (bicyclic) bond motifs is 5. The largest absolute Gasteiger partial charge is 0.545 e. The van der Waals surface area contributed by atoms with Gasteiger partial charge in [-0.15, -0.1) is 0 Å². The highest BCUT2D eigenvalue weighted by Crippen LogP contribution is 2.49. The van der Waals surface area contributed by atoms with E-state index >= 15 is 0 Å². The molecular weight excluding hydrogens is 926 g/mol. The quantitative estimate of drug-likeness (QED) is 0.137. The molecule has 6 heterocycles. The Hall–Kier alpha value is -7.70. The predicted molar refractivity (Wildman–Crippen MR) is 275 cm³/mol. The van der Waals surface area contributed by atoms with Gasteiger partial charge < -0.3 is 34.9 Å². The van der Waals surface area contributed by atoms with Crippen molar-refractivity contribution in [3.05, 3.63) is 180 Å². The molecular formula is C59H52ClN5O7. The van der Waals surface area contributed by atoms with E-state index in [4.69, 9.17) is 21.1 Å². The van der Waals surface area contributed by atoms with Gasteiger partial charge in [0.1, 0.15) is 30.3 Å². The average Bonchev–Trinajstić information content (AvgIpc) is 3.66. The van der Waals surface area contributed by atoms with Gasteiger partial charge >= 0.3 is 0 Å². The molecule has 7 aromatic rings. The first-order valence-electron chi connectivity index (χ1n) is 25.0. The molecule has 12 rings (SSSR count). The van der Waals surface area contributed by atoms with Crippen LogP contribution in [0.1, 0.15) is 107 Å². The topological polar surface area (TPSA) is 145 Å². The molecule has 2 N–H and O–H groups in total. The van der Waals surface area contributed by atoms with E-state index in [1.165, 1.54) is 39.4 Å². The van der Waals surface area contributed by atoms with Crippen LogP contribution in [0.15, 0.2) is 97.1 Å². The van der Waals surface area contributed by atoms with Crippen molar-refractivity contribution in [1.29, 1.82) is 0 Å². The molecule has 0 spiro atoms. The summed E-state index contributed by atoms with van der Waals surface area (Å²) in [5.41, 5.74) is 12.4. The van der Waals surface area contributed by atoms with Crippen LogP contribution in [0, 0.1) is 6.92 Å². The summed E-state index contributed by atoms with van der Waals surface area (Å²) in [6, 6.07) is 28.7. The van der Waals surface area contributed by atoms with Gasteiger partial charge in [0.25, 0.3) is 11.8 Å². The number of nitrogens with zero attached hydrogens (tertiary/aromatic N) is 3. The van der Waals surface area contributed by atoms with Crippen LogP contribution in [0.5, 0.6) is 17.2 Å². The molecule has 362 valence electrons. The Kier molecular flexibility index (Phi) is 11.5. The number of amides is 2. The summed E-state index contributed by atoms with van der Waals surface area (Å²) in [6.07, 6.45) is 7.83. The Morgan fingerprint density at radius 1 is 0.778 bits per heavy atom. The second-order valence-corrected chi connectivity index (χ2v) is 20.0. The van der Waals surface area contributed by atoms with Crippen molar-refractivity contribution in [3.8, 4) is 17.2 Å². The van der Waals surface area contributed by atoms with Crippen molar-refractivity contribution in [2.45, 2.75) is 71.3 Å². The molecule has 0 atom stereocenters. The number of nitrogens with one attached hydrogen (secondary N) is 2. The van der Waals surface area contributed by atoms with Gasteiger partial charge in [-0.25, -0.2) is 4.58 Å². The number of rotatable bonds is 10. The number of ether oxygens (including phenoxy) is 2. The van der Waals surface area contributed by atoms with Crippen molar-refractivity contribution in [1.82, 2.24) is 14.5 Å². The van der Waals surface area contributed by atoms with Crippen LogP contribution in [0.3, 0.4) is 0 Å². The number of methoxy groups -OCH3 is 1. The van der Waals surface area contributed by atoms with Crippen molar-refractivity contribution in [2.75, 3.05) is 43.5 Å². The summed E-state index contributed by atoms with van der Waals surface area (Å²) in [4.78, 5) is 57.1. The fourth-order valence-electron chi connectivity index (χ4n) is 12.0. The molecule has 0 aliphatic carbocycles. The van der Waals surface area contributed by atoms with Gasteiger partial charge in [-0.1, -0.05) is 29.8 Å². The van der Waals surface area contributed by atoms with Gasteiger partial charge in [-0.3, -0.25) is 19.0 Å². The molecule has 0 saturated heterocycles. The van der Waals surface area contributed by atoms with E-state index in [1.54, 1.807) is 66.3 Å². The minimum absolute atomic E-state index is 0.00358. The number of carboxylic acid groups (broad SMARTS) is 1. The highest BCUT2D eigenvalue weighted by atomic mass is 35.5. The minimum Gasteiger partial charge on any atom is -0.545 e. The summed E-state index contributed by atoms with van der Waals surface area (Å²) < 4.78 is 16.8. The first-order valence-corrected chi connectivity index (χ1v) is 25.3. The van der Waals surface area contributed by atoms with Gasteiger partial charge in [-0.2, -0.15) is 0 Å². The number of carboxylic acids is 1. The molecule has 0 bridgehead atoms. The van der Waals surface area contributed by atoms with Gasteiger partial charge in [0.2, 0.25) is 11.3 Å². The van der Waals surface area contributed by atoms with Crippen LogP contribution in [0.2, 0.25) is 5.02 Å². The van der Waals surface area contributed by atoms with Crippen LogP contribution in [-0.2, 0) is 43.4 Å². The summed E-state index contributed by atoms with van der Waals surface area (Å²) in [5.74, 6) is -0.0616. The van der Waals surface area contributed by atoms with Crippen molar-refractivity contribution in [3.63, 3.8) is 0 Å². The van der Waals surface area contributed by atoms with Crippen LogP contribution in [0.25, 0.3) is 16.5 Å². The zero-order valence-electron chi connectivity index (χ0n) is 40.2. The normalized spacial score (nSPS) is 15.2. The third-order valence-electron chi connectivity index (χ3n) is 15.3. The molecule has 2 amide bonds. The van der Waals surface area contributed by atoms with Crippen LogP contribution < -0.4 is 45.3 Å². The third-order valence-corrected chi connectivity index (χ3v) is 15.6. The van der Waals surface area contributed by atoms with E-state index in [2.05, 4.69) is 32.2 Å². The fourth-order valence-corrected chi connectivity index (χ4v) is 12.2. The first-order chi connectivity index (χ1) is 35.0. The number of aromatic carboxylic acids is 1. The number of halogens is 1. The summed E-state index contributed by atoms with van der Waals surface area (Å²) >= 11 is 6.10. The second kappa shape index (κ2) is 18.2. The molecule has 5 aliphatic rings. The molecule has 72 heavy (non-hydrogen) atoms. The number of carbonyl (C=O) groups excluding carboxylic acids is 4. The van der Waals surface area contributed by atoms with E-state index in [0.717, 1.165) is 116 Å². The van der Waals surface area contributed by atoms with Crippen LogP contribution >= 0.6 is 11.6 Å². The molecule has 0 fully saturated rings. The number of carbonyl (C=O) groups is 4. The maximum absolute atomic E-state index is 13.9. The van der Waals surface area contributed by atoms with E-state index in [1.807, 2.05) is 31.2 Å². The van der Waals surface area contributed by atoms with Gasteiger partial charge in [0.05, 0.1) is 30.6 Å². The molecule has 0 radical (unpaired) electrons. The summed E-state index contributed by atoms with van der Waals surface area (Å²) in [7, 11) is 1.57. The maximum atomic E-state index is 13.9. The Bertz CT molecular complexity index is 3610. The van der Waals surface area contributed by atoms with Gasteiger partial charge in [0, 0.05) is 104 Å². The Morgan fingerprint density at radius 3 is 2.29 bits per heavy atom. The third kappa shape index (κ3) is 7.79. The first kappa shape index (κ1) is 45.4. The monoisotopic (exact) mass is 977 g/mol. The minimum atomic E-state index is -1.36. The lowest BCUT2D eigenvalue weighted by molar-refractivity contribution is -0.255. The Labute approximate surface area is 421 Å². The van der Waals surface area contributed by atoms with Gasteiger partial charge in [-0.05, 0) is 147 Å². The Morgan fingerprint density at radius 2 is 1.51 bits per heavy atom. The van der Waals surface area contributed by atoms with Crippen LogP contribution in [-0.4, -0.2) is 61.5 Å². The fraction of sp³-hybridized carbons (Fsp3) is 0.271. The SMILES string of the molecule is COc1ccc2c(c1)c(CC(=O)Nc1ccc(CNC(=O)c3ccc(C4=c5cc6c7c(c5Oc5c4cc4c8c5CCCN8CCC4)CCC[N+]=7CCC6)c(C(=O)[O-])c3)cc1)c(C)n2C(=O)c1ccc(Cl)cc1. The zero-order valence-corrected chi connectivity index (χ0v) is 41.0. The number of hydrogen-bond acceptors (Lipinski definition) is 8. The smallest absolute Gasteiger partial charge is 0.262 e. The van der Waals surface area contributed by atoms with E-state index in [9.17, 15) is 24.3 Å². The zero-order chi connectivity index (χ0) is 49.4. The molecule has 13 heteroatoms. The van der Waals surface area contributed by atoms with Crippen molar-refractivity contribution < 1.29 is 33.8 Å². The van der Waals surface area contributed by atoms with E-state index < -0.39 is 11.9 Å². The van der Waals surface area contributed by atoms with Crippen molar-refractivity contribution >= 4 is 63.1 Å². The number of hydrogen-bond donors (Lipinski definition) is 2. The predicted octanol–water partition coefficient (Wildman–Crippen LogP) is 7.21. The highest BCUT2D eigenvalue weighted by Gasteiger charge is 2.36. The lowest BCUT2D eigenvalue weighted by Crippen LogP contribution is -2.45. The average molecular weight is 979 g/mol. The number of aryl methyl sites for hydroxylation is 2. The molecule has 1 aromatic heterocycles. The Balaban J connectivity index is 0.806. The van der Waals surface area contributed by atoms with E-state index in [-0.39, 0.29) is 35.9 Å². The number of aromatic nitrogens is 1. The lowest BCUT2D eigenvalue weighted by atomic mass is 9.81. The maximum Gasteiger partial charge on any atom is 0.262 e. The second-order valence-electron chi connectivity index (χ2n) is 19.6. The lowest BCUT2D eigenvalue weighted by Gasteiger charge is -2.39. The number of benzene rings is 6.